The predicted octanol–water partition coefficient (Wildman–Crippen LogP) is 2.89. The zero-order valence-electron chi connectivity index (χ0n) is 16.2. The van der Waals surface area contributed by atoms with Gasteiger partial charge in [0.1, 0.15) is 5.75 Å². The quantitative estimate of drug-likeness (QED) is 0.679. The van der Waals surface area contributed by atoms with E-state index in [-0.39, 0.29) is 29.1 Å². The van der Waals surface area contributed by atoms with Crippen molar-refractivity contribution >= 4 is 33.2 Å². The Morgan fingerprint density at radius 2 is 1.93 bits per heavy atom. The van der Waals surface area contributed by atoms with Gasteiger partial charge in [-0.05, 0) is 42.8 Å². The zero-order chi connectivity index (χ0) is 20.9. The van der Waals surface area contributed by atoms with Gasteiger partial charge in [-0.2, -0.15) is 0 Å². The van der Waals surface area contributed by atoms with Crippen molar-refractivity contribution in [2.75, 3.05) is 33.1 Å². The first-order chi connectivity index (χ1) is 13.1. The van der Waals surface area contributed by atoms with Gasteiger partial charge in [-0.25, -0.2) is 12.7 Å². The highest BCUT2D eigenvalue weighted by Gasteiger charge is 2.20. The highest BCUT2D eigenvalue weighted by Crippen LogP contribution is 2.28. The second kappa shape index (κ2) is 9.38. The summed E-state index contributed by atoms with van der Waals surface area (Å²) < 4.78 is 31.0. The van der Waals surface area contributed by atoms with Crippen molar-refractivity contribution in [2.24, 2.45) is 0 Å². The molecular formula is C19H24ClN3O4S. The van der Waals surface area contributed by atoms with Crippen LogP contribution in [0.15, 0.2) is 47.4 Å². The van der Waals surface area contributed by atoms with Crippen LogP contribution in [0.3, 0.4) is 0 Å². The molecule has 2 N–H and O–H groups in total. The van der Waals surface area contributed by atoms with Crippen molar-refractivity contribution in [3.63, 3.8) is 0 Å². The maximum absolute atomic E-state index is 12.4. The van der Waals surface area contributed by atoms with Gasteiger partial charge in [0.15, 0.2) is 0 Å². The average Bonchev–Trinajstić information content (AvgIpc) is 2.65. The number of anilines is 1. The number of amides is 1. The van der Waals surface area contributed by atoms with Crippen LogP contribution in [0.1, 0.15) is 18.5 Å². The molecule has 2 aromatic carbocycles. The Kier molecular flexibility index (Phi) is 7.42. The number of rotatable bonds is 8. The van der Waals surface area contributed by atoms with E-state index in [1.54, 1.807) is 6.07 Å². The van der Waals surface area contributed by atoms with Crippen molar-refractivity contribution in [1.29, 1.82) is 0 Å². The lowest BCUT2D eigenvalue weighted by atomic mass is 10.1. The van der Waals surface area contributed by atoms with Crippen LogP contribution in [0.2, 0.25) is 5.02 Å². The zero-order valence-corrected chi connectivity index (χ0v) is 17.8. The smallest absolute Gasteiger partial charge is 0.242 e. The molecule has 28 heavy (non-hydrogen) atoms. The Balaban J connectivity index is 2.10. The molecule has 9 heteroatoms. The first kappa shape index (κ1) is 22.2. The Labute approximate surface area is 170 Å². The maximum Gasteiger partial charge on any atom is 0.242 e. The summed E-state index contributed by atoms with van der Waals surface area (Å²) in [5.74, 6) is 0.0422. The first-order valence-corrected chi connectivity index (χ1v) is 10.4. The van der Waals surface area contributed by atoms with Crippen LogP contribution in [0.25, 0.3) is 0 Å². The van der Waals surface area contributed by atoms with E-state index in [0.29, 0.717) is 10.8 Å². The van der Waals surface area contributed by atoms with Gasteiger partial charge in [0.25, 0.3) is 0 Å². The Bertz CT molecular complexity index is 948. The molecule has 0 radical (unpaired) electrons. The van der Waals surface area contributed by atoms with Gasteiger partial charge in [0.2, 0.25) is 15.9 Å². The van der Waals surface area contributed by atoms with Crippen molar-refractivity contribution in [1.82, 2.24) is 9.62 Å². The third kappa shape index (κ3) is 5.45. The number of nitrogens with zero attached hydrogens (tertiary/aromatic N) is 1. The van der Waals surface area contributed by atoms with E-state index in [1.807, 2.05) is 25.1 Å². The van der Waals surface area contributed by atoms with Crippen LogP contribution in [-0.4, -0.2) is 46.4 Å². The summed E-state index contributed by atoms with van der Waals surface area (Å²) in [6, 6.07) is 11.6. The van der Waals surface area contributed by atoms with Crippen molar-refractivity contribution in [3.05, 3.63) is 53.1 Å². The number of benzene rings is 2. The second-order valence-corrected chi connectivity index (χ2v) is 8.94. The summed E-state index contributed by atoms with van der Waals surface area (Å²) in [4.78, 5) is 12.4. The third-order valence-corrected chi connectivity index (χ3v) is 6.19. The van der Waals surface area contributed by atoms with Crippen LogP contribution in [0, 0.1) is 0 Å². The van der Waals surface area contributed by atoms with Gasteiger partial charge in [-0.15, -0.1) is 0 Å². The molecule has 2 rings (SSSR count). The predicted molar refractivity (Wildman–Crippen MR) is 110 cm³/mol. The number of carbonyl (C=O) groups excluding carboxylic acids is 1. The lowest BCUT2D eigenvalue weighted by molar-refractivity contribution is -0.115. The monoisotopic (exact) mass is 425 g/mol. The van der Waals surface area contributed by atoms with Gasteiger partial charge >= 0.3 is 0 Å². The molecule has 0 bridgehead atoms. The van der Waals surface area contributed by atoms with Gasteiger partial charge < -0.3 is 15.4 Å². The lowest BCUT2D eigenvalue weighted by Gasteiger charge is -2.17. The van der Waals surface area contributed by atoms with Gasteiger partial charge in [0.05, 0.1) is 24.2 Å². The van der Waals surface area contributed by atoms with E-state index in [1.165, 1.54) is 39.4 Å². The normalized spacial score (nSPS) is 12.6. The van der Waals surface area contributed by atoms with Gasteiger partial charge in [-0.1, -0.05) is 23.7 Å². The van der Waals surface area contributed by atoms with E-state index in [2.05, 4.69) is 10.6 Å². The van der Waals surface area contributed by atoms with E-state index in [4.69, 9.17) is 16.3 Å². The fourth-order valence-electron chi connectivity index (χ4n) is 2.49. The molecule has 0 heterocycles. The highest BCUT2D eigenvalue weighted by molar-refractivity contribution is 7.89. The molecule has 0 saturated heterocycles. The Hall–Kier alpha value is -2.13. The number of sulfonamides is 1. The third-order valence-electron chi connectivity index (χ3n) is 4.14. The molecule has 0 spiro atoms. The van der Waals surface area contributed by atoms with Gasteiger partial charge in [-0.3, -0.25) is 4.79 Å². The highest BCUT2D eigenvalue weighted by atomic mass is 35.5. The van der Waals surface area contributed by atoms with Crippen LogP contribution < -0.4 is 15.4 Å². The number of hydrogen-bond acceptors (Lipinski definition) is 5. The minimum Gasteiger partial charge on any atom is -0.495 e. The van der Waals surface area contributed by atoms with Crippen molar-refractivity contribution in [3.8, 4) is 5.75 Å². The molecular weight excluding hydrogens is 402 g/mol. The molecule has 7 nitrogen and oxygen atoms in total. The number of ether oxygens (including phenoxy) is 1. The number of carbonyl (C=O) groups is 1. The first-order valence-electron chi connectivity index (χ1n) is 8.54. The molecule has 0 saturated carbocycles. The van der Waals surface area contributed by atoms with Crippen molar-refractivity contribution in [2.45, 2.75) is 17.9 Å². The number of hydrogen-bond donors (Lipinski definition) is 2. The number of halogens is 1. The van der Waals surface area contributed by atoms with Crippen LogP contribution in [-0.2, 0) is 14.8 Å². The average molecular weight is 426 g/mol. The molecule has 0 fully saturated rings. The maximum atomic E-state index is 12.4. The summed E-state index contributed by atoms with van der Waals surface area (Å²) in [7, 11) is 0.708. The Morgan fingerprint density at radius 1 is 1.21 bits per heavy atom. The summed E-state index contributed by atoms with van der Waals surface area (Å²) in [5.41, 5.74) is 1.24. The van der Waals surface area contributed by atoms with E-state index in [0.717, 1.165) is 9.87 Å². The fourth-order valence-corrected chi connectivity index (χ4v) is 3.62. The van der Waals surface area contributed by atoms with E-state index < -0.39 is 10.0 Å². The van der Waals surface area contributed by atoms with Crippen molar-refractivity contribution < 1.29 is 17.9 Å². The molecule has 0 aliphatic rings. The molecule has 0 aliphatic carbocycles. The summed E-state index contributed by atoms with van der Waals surface area (Å²) in [6.07, 6.45) is 0. The van der Waals surface area contributed by atoms with Crippen LogP contribution in [0.5, 0.6) is 5.75 Å². The molecule has 1 atom stereocenters. The molecule has 152 valence electrons. The summed E-state index contributed by atoms with van der Waals surface area (Å²) in [5, 5.41) is 6.43. The Morgan fingerprint density at radius 3 is 2.54 bits per heavy atom. The van der Waals surface area contributed by atoms with Crippen LogP contribution >= 0.6 is 11.6 Å². The largest absolute Gasteiger partial charge is 0.495 e. The number of nitrogens with one attached hydrogen (secondary N) is 2. The summed E-state index contributed by atoms with van der Waals surface area (Å²) in [6.45, 7) is 1.95. The topological polar surface area (TPSA) is 87.7 Å². The van der Waals surface area contributed by atoms with E-state index >= 15 is 0 Å². The van der Waals surface area contributed by atoms with Crippen LogP contribution in [0.4, 0.5) is 5.69 Å². The molecule has 0 aliphatic heterocycles. The molecule has 2 aromatic rings. The standard InChI is InChI=1S/C19H24ClN3O4S/c1-13(14-6-5-7-15(20)10-14)21-12-19(24)22-17-11-16(8-9-18(17)27-4)28(25,26)23(2)3/h5-11,13,21H,12H2,1-4H3,(H,22,24)/t13-/m0/s1. The minimum atomic E-state index is -3.63. The lowest BCUT2D eigenvalue weighted by Crippen LogP contribution is -2.30. The molecule has 0 aromatic heterocycles. The minimum absolute atomic E-state index is 0.0293. The SMILES string of the molecule is COc1ccc(S(=O)(=O)N(C)C)cc1NC(=O)CN[C@@H](C)c1cccc(Cl)c1. The van der Waals surface area contributed by atoms with E-state index in [9.17, 15) is 13.2 Å². The summed E-state index contributed by atoms with van der Waals surface area (Å²) >= 11 is 5.99. The number of methoxy groups -OCH3 is 1. The molecule has 1 amide bonds. The van der Waals surface area contributed by atoms with Gasteiger partial charge in [0, 0.05) is 25.2 Å². The second-order valence-electron chi connectivity index (χ2n) is 6.36. The fraction of sp³-hybridized carbons (Fsp3) is 0.316. The molecule has 0 unspecified atom stereocenters.